The van der Waals surface area contributed by atoms with E-state index in [1.165, 1.54) is 11.1 Å². The lowest BCUT2D eigenvalue weighted by Crippen LogP contribution is -1.97. The van der Waals surface area contributed by atoms with Gasteiger partial charge in [-0.15, -0.1) is 0 Å². The van der Waals surface area contributed by atoms with Crippen molar-refractivity contribution in [3.63, 3.8) is 0 Å². The number of aromatic nitrogens is 1. The van der Waals surface area contributed by atoms with Gasteiger partial charge in [-0.3, -0.25) is 4.98 Å². The van der Waals surface area contributed by atoms with Crippen LogP contribution in [0.1, 0.15) is 32.3 Å². The van der Waals surface area contributed by atoms with Crippen molar-refractivity contribution >= 4 is 5.69 Å². The number of rotatable bonds is 4. The van der Waals surface area contributed by atoms with Crippen LogP contribution in [-0.4, -0.2) is 11.5 Å². The van der Waals surface area contributed by atoms with Gasteiger partial charge in [-0.1, -0.05) is 38.1 Å². The first kappa shape index (κ1) is 12.6. The van der Waals surface area contributed by atoms with E-state index in [1.54, 1.807) is 0 Å². The molecule has 1 aromatic heterocycles. The minimum Gasteiger partial charge on any atom is -0.385 e. The van der Waals surface area contributed by atoms with Crippen LogP contribution in [0.25, 0.3) is 11.3 Å². The monoisotopic (exact) mass is 240 g/mol. The van der Waals surface area contributed by atoms with Crippen molar-refractivity contribution in [2.24, 2.45) is 0 Å². The molecule has 2 aromatic rings. The van der Waals surface area contributed by atoms with Crippen LogP contribution in [0.15, 0.2) is 42.6 Å². The van der Waals surface area contributed by atoms with Gasteiger partial charge >= 0.3 is 0 Å². The summed E-state index contributed by atoms with van der Waals surface area (Å²) in [5.74, 6) is 0.570. The van der Waals surface area contributed by atoms with E-state index < -0.39 is 0 Å². The first-order valence-corrected chi connectivity index (χ1v) is 6.51. The molecule has 94 valence electrons. The molecule has 0 spiro atoms. The van der Waals surface area contributed by atoms with E-state index in [4.69, 9.17) is 0 Å². The third-order valence-corrected chi connectivity index (χ3v) is 3.01. The zero-order valence-electron chi connectivity index (χ0n) is 11.3. The third-order valence-electron chi connectivity index (χ3n) is 3.01. The Balaban J connectivity index is 2.27. The fourth-order valence-corrected chi connectivity index (χ4v) is 1.94. The predicted octanol–water partition coefficient (Wildman–Crippen LogP) is 4.30. The molecule has 0 saturated carbocycles. The highest BCUT2D eigenvalue weighted by Gasteiger charge is 2.02. The molecule has 2 heteroatoms. The largest absolute Gasteiger partial charge is 0.385 e. The molecule has 18 heavy (non-hydrogen) atoms. The van der Waals surface area contributed by atoms with Gasteiger partial charge in [0.05, 0.1) is 5.69 Å². The Morgan fingerprint density at radius 1 is 1.11 bits per heavy atom. The Hall–Kier alpha value is -1.83. The maximum atomic E-state index is 4.43. The van der Waals surface area contributed by atoms with E-state index in [9.17, 15) is 0 Å². The van der Waals surface area contributed by atoms with Crippen LogP contribution in [0.5, 0.6) is 0 Å². The summed E-state index contributed by atoms with van der Waals surface area (Å²) >= 11 is 0. The molecule has 0 atom stereocenters. The molecule has 1 heterocycles. The summed E-state index contributed by atoms with van der Waals surface area (Å²) in [5.41, 5.74) is 4.67. The van der Waals surface area contributed by atoms with E-state index >= 15 is 0 Å². The Morgan fingerprint density at radius 3 is 2.44 bits per heavy atom. The van der Waals surface area contributed by atoms with Gasteiger partial charge in [0.1, 0.15) is 0 Å². The second kappa shape index (κ2) is 5.67. The normalized spacial score (nSPS) is 10.7. The van der Waals surface area contributed by atoms with Gasteiger partial charge in [0.2, 0.25) is 0 Å². The topological polar surface area (TPSA) is 24.9 Å². The summed E-state index contributed by atoms with van der Waals surface area (Å²) in [7, 11) is 0. The second-order valence-electron chi connectivity index (χ2n) is 4.74. The summed E-state index contributed by atoms with van der Waals surface area (Å²) in [5, 5.41) is 3.31. The van der Waals surface area contributed by atoms with Crippen LogP contribution < -0.4 is 5.32 Å². The van der Waals surface area contributed by atoms with Crippen LogP contribution in [-0.2, 0) is 0 Å². The Bertz CT molecular complexity index is 501. The highest BCUT2D eigenvalue weighted by molar-refractivity contribution is 5.64. The zero-order valence-corrected chi connectivity index (χ0v) is 11.3. The summed E-state index contributed by atoms with van der Waals surface area (Å²) in [4.78, 5) is 4.43. The first-order valence-electron chi connectivity index (χ1n) is 6.51. The maximum absolute atomic E-state index is 4.43. The minimum absolute atomic E-state index is 0.570. The van der Waals surface area contributed by atoms with Crippen LogP contribution in [0.4, 0.5) is 5.69 Å². The van der Waals surface area contributed by atoms with Crippen molar-refractivity contribution < 1.29 is 0 Å². The molecule has 1 N–H and O–H groups in total. The van der Waals surface area contributed by atoms with Gasteiger partial charge in [-0.25, -0.2) is 0 Å². The number of benzene rings is 1. The molecule has 2 nitrogen and oxygen atoms in total. The first-order chi connectivity index (χ1) is 8.70. The van der Waals surface area contributed by atoms with E-state index in [0.29, 0.717) is 5.92 Å². The number of hydrogen-bond donors (Lipinski definition) is 1. The van der Waals surface area contributed by atoms with Gasteiger partial charge in [-0.2, -0.15) is 0 Å². The van der Waals surface area contributed by atoms with Crippen molar-refractivity contribution in [3.05, 3.63) is 48.2 Å². The summed E-state index contributed by atoms with van der Waals surface area (Å²) in [6, 6.07) is 12.7. The van der Waals surface area contributed by atoms with Crippen LogP contribution in [0, 0.1) is 0 Å². The van der Waals surface area contributed by atoms with Gasteiger partial charge < -0.3 is 5.32 Å². The fraction of sp³-hybridized carbons (Fsp3) is 0.312. The summed E-state index contributed by atoms with van der Waals surface area (Å²) < 4.78 is 0. The zero-order chi connectivity index (χ0) is 13.0. The van der Waals surface area contributed by atoms with Gasteiger partial charge in [0.25, 0.3) is 0 Å². The molecule has 0 radical (unpaired) electrons. The number of hydrogen-bond acceptors (Lipinski definition) is 2. The Labute approximate surface area is 109 Å². The Kier molecular flexibility index (Phi) is 3.98. The molecule has 0 bridgehead atoms. The molecule has 0 amide bonds. The molecule has 0 fully saturated rings. The van der Waals surface area contributed by atoms with E-state index in [1.807, 2.05) is 12.3 Å². The molecule has 0 aliphatic carbocycles. The maximum Gasteiger partial charge on any atom is 0.0722 e. The molecule has 0 aliphatic rings. The minimum atomic E-state index is 0.570. The van der Waals surface area contributed by atoms with Crippen molar-refractivity contribution in [2.45, 2.75) is 26.7 Å². The lowest BCUT2D eigenvalue weighted by Gasteiger charge is -2.08. The van der Waals surface area contributed by atoms with Crippen molar-refractivity contribution in [1.29, 1.82) is 0 Å². The van der Waals surface area contributed by atoms with Crippen LogP contribution in [0.2, 0.25) is 0 Å². The van der Waals surface area contributed by atoms with Gasteiger partial charge in [-0.05, 0) is 30.5 Å². The molecule has 2 rings (SSSR count). The number of anilines is 1. The highest BCUT2D eigenvalue weighted by Crippen LogP contribution is 2.22. The smallest absolute Gasteiger partial charge is 0.0722 e. The average molecular weight is 240 g/mol. The highest BCUT2D eigenvalue weighted by atomic mass is 14.9. The van der Waals surface area contributed by atoms with Crippen LogP contribution >= 0.6 is 0 Å². The SMILES string of the molecule is CCNc1ccnc(-c2ccc(C(C)C)cc2)c1. The lowest BCUT2D eigenvalue weighted by atomic mass is 10.0. The molecule has 0 saturated heterocycles. The van der Waals surface area contributed by atoms with Crippen LogP contribution in [0.3, 0.4) is 0 Å². The standard InChI is InChI=1S/C16H20N2/c1-4-17-15-9-10-18-16(11-15)14-7-5-13(6-8-14)12(2)3/h5-12H,4H2,1-3H3,(H,17,18). The van der Waals surface area contributed by atoms with Crippen molar-refractivity contribution in [1.82, 2.24) is 4.98 Å². The predicted molar refractivity (Wildman–Crippen MR) is 77.9 cm³/mol. The molecule has 1 aromatic carbocycles. The van der Waals surface area contributed by atoms with E-state index in [-0.39, 0.29) is 0 Å². The van der Waals surface area contributed by atoms with Crippen molar-refractivity contribution in [2.75, 3.05) is 11.9 Å². The molecule has 0 unspecified atom stereocenters. The average Bonchev–Trinajstić information content (AvgIpc) is 2.39. The summed E-state index contributed by atoms with van der Waals surface area (Å²) in [6.45, 7) is 7.44. The fourth-order valence-electron chi connectivity index (χ4n) is 1.94. The van der Waals surface area contributed by atoms with E-state index in [0.717, 1.165) is 17.9 Å². The molecule has 0 aliphatic heterocycles. The number of pyridine rings is 1. The second-order valence-corrected chi connectivity index (χ2v) is 4.74. The summed E-state index contributed by atoms with van der Waals surface area (Å²) in [6.07, 6.45) is 1.85. The number of nitrogens with zero attached hydrogens (tertiary/aromatic N) is 1. The molecular formula is C16H20N2. The third kappa shape index (κ3) is 2.89. The van der Waals surface area contributed by atoms with Gasteiger partial charge in [0, 0.05) is 24.0 Å². The van der Waals surface area contributed by atoms with Crippen molar-refractivity contribution in [3.8, 4) is 11.3 Å². The van der Waals surface area contributed by atoms with Gasteiger partial charge in [0.15, 0.2) is 0 Å². The number of nitrogens with one attached hydrogen (secondary N) is 1. The quantitative estimate of drug-likeness (QED) is 0.861. The molecular weight excluding hydrogens is 220 g/mol. The lowest BCUT2D eigenvalue weighted by molar-refractivity contribution is 0.867. The Morgan fingerprint density at radius 2 is 1.83 bits per heavy atom. The van der Waals surface area contributed by atoms with E-state index in [2.05, 4.69) is 61.4 Å².